The standard InChI is InChI=1S/C16H15F3N2O/c1-2-10-9-13(7-8-14(10)16(17,18)19)21-15(22)11-3-5-12(20)6-4-11/h3-9H,2,20H2,1H3,(H,21,22). The molecule has 0 aliphatic heterocycles. The number of hydrogen-bond acceptors (Lipinski definition) is 2. The zero-order valence-electron chi connectivity index (χ0n) is 11.9. The van der Waals surface area contributed by atoms with Crippen molar-refractivity contribution < 1.29 is 18.0 Å². The lowest BCUT2D eigenvalue weighted by Crippen LogP contribution is -2.14. The molecule has 0 atom stereocenters. The van der Waals surface area contributed by atoms with E-state index in [9.17, 15) is 18.0 Å². The zero-order valence-corrected chi connectivity index (χ0v) is 11.9. The molecule has 0 aromatic heterocycles. The van der Waals surface area contributed by atoms with E-state index in [1.54, 1.807) is 31.2 Å². The first-order valence-corrected chi connectivity index (χ1v) is 6.68. The molecule has 3 N–H and O–H groups in total. The fourth-order valence-electron chi connectivity index (χ4n) is 2.08. The molecule has 2 aromatic rings. The number of halogens is 3. The first kappa shape index (κ1) is 15.9. The van der Waals surface area contributed by atoms with E-state index in [0.717, 1.165) is 6.07 Å². The van der Waals surface area contributed by atoms with Gasteiger partial charge >= 0.3 is 6.18 Å². The number of aryl methyl sites for hydroxylation is 1. The van der Waals surface area contributed by atoms with Gasteiger partial charge in [-0.05, 0) is 54.4 Å². The molecule has 0 bridgehead atoms. The number of carbonyl (C=O) groups is 1. The molecule has 2 rings (SSSR count). The molecule has 0 radical (unpaired) electrons. The number of carbonyl (C=O) groups excluding carboxylic acids is 1. The van der Waals surface area contributed by atoms with Crippen LogP contribution in [0.25, 0.3) is 0 Å². The van der Waals surface area contributed by atoms with Crippen molar-refractivity contribution in [3.8, 4) is 0 Å². The molecule has 0 heterocycles. The highest BCUT2D eigenvalue weighted by atomic mass is 19.4. The van der Waals surface area contributed by atoms with Crippen molar-refractivity contribution in [3.63, 3.8) is 0 Å². The quantitative estimate of drug-likeness (QED) is 0.839. The maximum absolute atomic E-state index is 12.8. The molecule has 22 heavy (non-hydrogen) atoms. The van der Waals surface area contributed by atoms with E-state index >= 15 is 0 Å². The molecule has 116 valence electrons. The van der Waals surface area contributed by atoms with Gasteiger partial charge in [-0.15, -0.1) is 0 Å². The Balaban J connectivity index is 2.23. The Kier molecular flexibility index (Phi) is 4.40. The molecule has 2 aromatic carbocycles. The molecule has 0 unspecified atom stereocenters. The van der Waals surface area contributed by atoms with Gasteiger partial charge in [0, 0.05) is 16.9 Å². The predicted molar refractivity (Wildman–Crippen MR) is 79.6 cm³/mol. The third kappa shape index (κ3) is 3.58. The maximum atomic E-state index is 12.8. The van der Waals surface area contributed by atoms with Crippen molar-refractivity contribution in [1.29, 1.82) is 0 Å². The molecule has 6 heteroatoms. The minimum absolute atomic E-state index is 0.141. The van der Waals surface area contributed by atoms with Gasteiger partial charge in [0.1, 0.15) is 0 Å². The van der Waals surface area contributed by atoms with Crippen LogP contribution in [0.2, 0.25) is 0 Å². The minimum atomic E-state index is -4.40. The van der Waals surface area contributed by atoms with Gasteiger partial charge in [-0.1, -0.05) is 6.92 Å². The molecule has 0 aliphatic carbocycles. The number of alkyl halides is 3. The number of hydrogen-bond donors (Lipinski definition) is 2. The van der Waals surface area contributed by atoms with Gasteiger partial charge in [0.15, 0.2) is 0 Å². The fourth-order valence-corrected chi connectivity index (χ4v) is 2.08. The van der Waals surface area contributed by atoms with Crippen LogP contribution in [0.1, 0.15) is 28.4 Å². The van der Waals surface area contributed by atoms with Crippen LogP contribution in [0.15, 0.2) is 42.5 Å². The van der Waals surface area contributed by atoms with Gasteiger partial charge in [0.05, 0.1) is 5.56 Å². The smallest absolute Gasteiger partial charge is 0.399 e. The average molecular weight is 308 g/mol. The second-order valence-electron chi connectivity index (χ2n) is 4.80. The SMILES string of the molecule is CCc1cc(NC(=O)c2ccc(N)cc2)ccc1C(F)(F)F. The molecule has 3 nitrogen and oxygen atoms in total. The van der Waals surface area contributed by atoms with Crippen molar-refractivity contribution in [2.24, 2.45) is 0 Å². The number of nitrogen functional groups attached to an aromatic ring is 1. The van der Waals surface area contributed by atoms with Crippen molar-refractivity contribution >= 4 is 17.3 Å². The van der Waals surface area contributed by atoms with Crippen LogP contribution >= 0.6 is 0 Å². The van der Waals surface area contributed by atoms with Crippen molar-refractivity contribution in [1.82, 2.24) is 0 Å². The largest absolute Gasteiger partial charge is 0.416 e. The molecule has 0 saturated heterocycles. The van der Waals surface area contributed by atoms with E-state index < -0.39 is 17.6 Å². The zero-order chi connectivity index (χ0) is 16.3. The summed E-state index contributed by atoms with van der Waals surface area (Å²) in [4.78, 5) is 12.0. The second kappa shape index (κ2) is 6.09. The number of anilines is 2. The Labute approximate surface area is 125 Å². The number of nitrogens with one attached hydrogen (secondary N) is 1. The Morgan fingerprint density at radius 1 is 1.14 bits per heavy atom. The summed E-state index contributed by atoms with van der Waals surface area (Å²) in [5.41, 5.74) is 6.23. The van der Waals surface area contributed by atoms with Crippen LogP contribution in [-0.2, 0) is 12.6 Å². The molecule has 0 aliphatic rings. The van der Waals surface area contributed by atoms with Crippen molar-refractivity contribution in [2.75, 3.05) is 11.1 Å². The summed E-state index contributed by atoms with van der Waals surface area (Å²) in [5.74, 6) is -0.401. The van der Waals surface area contributed by atoms with E-state index in [2.05, 4.69) is 5.32 Å². The summed E-state index contributed by atoms with van der Waals surface area (Å²) in [7, 11) is 0. The number of nitrogens with two attached hydrogens (primary N) is 1. The normalized spacial score (nSPS) is 11.3. The lowest BCUT2D eigenvalue weighted by atomic mass is 10.0. The van der Waals surface area contributed by atoms with Gasteiger partial charge < -0.3 is 11.1 Å². The highest BCUT2D eigenvalue weighted by Gasteiger charge is 2.32. The number of rotatable bonds is 3. The lowest BCUT2D eigenvalue weighted by molar-refractivity contribution is -0.138. The van der Waals surface area contributed by atoms with Crippen LogP contribution in [0.4, 0.5) is 24.5 Å². The number of benzene rings is 2. The Bertz CT molecular complexity index is 679. The number of amides is 1. The van der Waals surface area contributed by atoms with E-state index in [4.69, 9.17) is 5.73 Å². The van der Waals surface area contributed by atoms with Gasteiger partial charge in [-0.25, -0.2) is 0 Å². The molecular formula is C16H15F3N2O. The summed E-state index contributed by atoms with van der Waals surface area (Å²) in [6.45, 7) is 1.64. The minimum Gasteiger partial charge on any atom is -0.399 e. The lowest BCUT2D eigenvalue weighted by Gasteiger charge is -2.14. The van der Waals surface area contributed by atoms with E-state index in [-0.39, 0.29) is 12.0 Å². The topological polar surface area (TPSA) is 55.1 Å². The average Bonchev–Trinajstić information content (AvgIpc) is 2.46. The Hall–Kier alpha value is -2.50. The van der Waals surface area contributed by atoms with Crippen molar-refractivity contribution in [3.05, 3.63) is 59.2 Å². The summed E-state index contributed by atoms with van der Waals surface area (Å²) in [6.07, 6.45) is -4.18. The highest BCUT2D eigenvalue weighted by Crippen LogP contribution is 2.33. The summed E-state index contributed by atoms with van der Waals surface area (Å²) < 4.78 is 38.5. The fraction of sp³-hybridized carbons (Fsp3) is 0.188. The first-order chi connectivity index (χ1) is 10.3. The van der Waals surface area contributed by atoms with Crippen LogP contribution in [0.3, 0.4) is 0 Å². The maximum Gasteiger partial charge on any atom is 0.416 e. The molecule has 0 spiro atoms. The highest BCUT2D eigenvalue weighted by molar-refractivity contribution is 6.04. The third-order valence-corrected chi connectivity index (χ3v) is 3.22. The van der Waals surface area contributed by atoms with Crippen LogP contribution in [0, 0.1) is 0 Å². The summed E-state index contributed by atoms with van der Waals surface area (Å²) in [5, 5.41) is 2.58. The van der Waals surface area contributed by atoms with Gasteiger partial charge in [-0.3, -0.25) is 4.79 Å². The van der Waals surface area contributed by atoms with E-state index in [1.807, 2.05) is 0 Å². The first-order valence-electron chi connectivity index (χ1n) is 6.68. The Morgan fingerprint density at radius 2 is 1.77 bits per heavy atom. The van der Waals surface area contributed by atoms with Gasteiger partial charge in [0.2, 0.25) is 0 Å². The van der Waals surface area contributed by atoms with Crippen LogP contribution < -0.4 is 11.1 Å². The van der Waals surface area contributed by atoms with Crippen LogP contribution in [-0.4, -0.2) is 5.91 Å². The van der Waals surface area contributed by atoms with Gasteiger partial charge in [0.25, 0.3) is 5.91 Å². The summed E-state index contributed by atoms with van der Waals surface area (Å²) in [6, 6.07) is 9.84. The molecule has 1 amide bonds. The third-order valence-electron chi connectivity index (χ3n) is 3.22. The van der Waals surface area contributed by atoms with Gasteiger partial charge in [-0.2, -0.15) is 13.2 Å². The molecule has 0 saturated carbocycles. The monoisotopic (exact) mass is 308 g/mol. The predicted octanol–water partition coefficient (Wildman–Crippen LogP) is 4.10. The molecular weight excluding hydrogens is 293 g/mol. The summed E-state index contributed by atoms with van der Waals surface area (Å²) >= 11 is 0. The van der Waals surface area contributed by atoms with Crippen molar-refractivity contribution in [2.45, 2.75) is 19.5 Å². The molecule has 0 fully saturated rings. The van der Waals surface area contributed by atoms with E-state index in [0.29, 0.717) is 16.9 Å². The van der Waals surface area contributed by atoms with Crippen LogP contribution in [0.5, 0.6) is 0 Å². The Morgan fingerprint density at radius 3 is 2.32 bits per heavy atom. The second-order valence-corrected chi connectivity index (χ2v) is 4.80. The van der Waals surface area contributed by atoms with E-state index in [1.165, 1.54) is 12.1 Å².